The van der Waals surface area contributed by atoms with Crippen molar-refractivity contribution in [2.45, 2.75) is 12.8 Å². The van der Waals surface area contributed by atoms with Gasteiger partial charge in [0.1, 0.15) is 12.1 Å². The zero-order valence-corrected chi connectivity index (χ0v) is 15.2. The van der Waals surface area contributed by atoms with Crippen LogP contribution in [0.25, 0.3) is 11.4 Å². The van der Waals surface area contributed by atoms with Crippen LogP contribution in [0.3, 0.4) is 0 Å². The zero-order chi connectivity index (χ0) is 18.4. The molecule has 2 N–H and O–H groups in total. The molecule has 8 heteroatoms. The lowest BCUT2D eigenvalue weighted by Crippen LogP contribution is -2.12. The molecule has 1 aromatic heterocycles. The number of carbonyl (C=O) groups excluding carboxylic acids is 1. The van der Waals surface area contributed by atoms with Crippen molar-refractivity contribution in [1.29, 1.82) is 0 Å². The molecule has 6 nitrogen and oxygen atoms in total. The van der Waals surface area contributed by atoms with Crippen molar-refractivity contribution in [2.75, 3.05) is 11.9 Å². The highest BCUT2D eigenvalue weighted by Crippen LogP contribution is 2.27. The van der Waals surface area contributed by atoms with Gasteiger partial charge in [-0.15, -0.1) is 0 Å². The Hall–Kier alpha value is -2.57. The molecule has 0 fully saturated rings. The number of aromatic amines is 1. The molecular formula is C18H16Cl2N4O2. The van der Waals surface area contributed by atoms with E-state index in [1.807, 2.05) is 24.3 Å². The first-order valence-electron chi connectivity index (χ1n) is 7.95. The van der Waals surface area contributed by atoms with Crippen molar-refractivity contribution in [3.05, 3.63) is 58.8 Å². The number of carbonyl (C=O) groups is 1. The SMILES string of the molecule is O=C(CCCOc1ccc(Cl)cc1Cl)Nc1cccc(-c2ncn[nH]2)c1. The number of anilines is 1. The molecular weight excluding hydrogens is 375 g/mol. The minimum Gasteiger partial charge on any atom is -0.492 e. The normalized spacial score (nSPS) is 10.5. The standard InChI is InChI=1S/C18H16Cl2N4O2/c19-13-6-7-16(15(20)10-13)26-8-2-5-17(25)23-14-4-1-3-12(9-14)18-21-11-22-24-18/h1,3-4,6-7,9-11H,2,5,8H2,(H,23,25)(H,21,22,24). The summed E-state index contributed by atoms with van der Waals surface area (Å²) in [5.41, 5.74) is 1.55. The van der Waals surface area contributed by atoms with E-state index in [4.69, 9.17) is 27.9 Å². The molecule has 0 spiro atoms. The molecule has 1 heterocycles. The summed E-state index contributed by atoms with van der Waals surface area (Å²) >= 11 is 11.9. The third-order valence-corrected chi connectivity index (χ3v) is 4.06. The molecule has 3 aromatic rings. The number of ether oxygens (including phenoxy) is 1. The predicted molar refractivity (Wildman–Crippen MR) is 102 cm³/mol. The zero-order valence-electron chi connectivity index (χ0n) is 13.7. The summed E-state index contributed by atoms with van der Waals surface area (Å²) in [6.07, 6.45) is 2.33. The van der Waals surface area contributed by atoms with E-state index in [-0.39, 0.29) is 5.91 Å². The Bertz CT molecular complexity index is 885. The number of amides is 1. The van der Waals surface area contributed by atoms with E-state index in [1.54, 1.807) is 18.2 Å². The molecule has 0 radical (unpaired) electrons. The monoisotopic (exact) mass is 390 g/mol. The van der Waals surface area contributed by atoms with Gasteiger partial charge in [0.25, 0.3) is 0 Å². The second kappa shape index (κ2) is 8.69. The Labute approximate surface area is 160 Å². The highest BCUT2D eigenvalue weighted by Gasteiger charge is 2.07. The lowest BCUT2D eigenvalue weighted by molar-refractivity contribution is -0.116. The lowest BCUT2D eigenvalue weighted by Gasteiger charge is -2.09. The maximum Gasteiger partial charge on any atom is 0.224 e. The summed E-state index contributed by atoms with van der Waals surface area (Å²) in [5, 5.41) is 10.5. The molecule has 0 atom stereocenters. The maximum absolute atomic E-state index is 12.1. The van der Waals surface area contributed by atoms with Crippen LogP contribution in [0.15, 0.2) is 48.8 Å². The maximum atomic E-state index is 12.1. The fourth-order valence-corrected chi connectivity index (χ4v) is 2.78. The smallest absolute Gasteiger partial charge is 0.224 e. The van der Waals surface area contributed by atoms with Crippen LogP contribution in [0.5, 0.6) is 5.75 Å². The number of nitrogens with zero attached hydrogens (tertiary/aromatic N) is 2. The van der Waals surface area contributed by atoms with E-state index in [0.717, 1.165) is 5.56 Å². The van der Waals surface area contributed by atoms with Gasteiger partial charge in [-0.3, -0.25) is 9.89 Å². The van der Waals surface area contributed by atoms with Crippen LogP contribution in [-0.2, 0) is 4.79 Å². The molecule has 1 amide bonds. The minimum absolute atomic E-state index is 0.0921. The van der Waals surface area contributed by atoms with Crippen LogP contribution < -0.4 is 10.1 Å². The number of nitrogens with one attached hydrogen (secondary N) is 2. The summed E-state index contributed by atoms with van der Waals surface area (Å²) in [5.74, 6) is 1.11. The first-order chi connectivity index (χ1) is 12.6. The number of hydrogen-bond acceptors (Lipinski definition) is 4. The van der Waals surface area contributed by atoms with E-state index in [1.165, 1.54) is 6.33 Å². The molecule has 2 aromatic carbocycles. The van der Waals surface area contributed by atoms with Gasteiger partial charge in [0.2, 0.25) is 5.91 Å². The number of aromatic nitrogens is 3. The van der Waals surface area contributed by atoms with Crippen LogP contribution in [0.2, 0.25) is 10.0 Å². The second-order valence-electron chi connectivity index (χ2n) is 5.49. The van der Waals surface area contributed by atoms with Crippen molar-refractivity contribution in [2.24, 2.45) is 0 Å². The predicted octanol–water partition coefficient (Wildman–Crippen LogP) is 4.58. The summed E-state index contributed by atoms with van der Waals surface area (Å²) in [4.78, 5) is 16.2. The van der Waals surface area contributed by atoms with Crippen molar-refractivity contribution < 1.29 is 9.53 Å². The van der Waals surface area contributed by atoms with Gasteiger partial charge in [-0.05, 0) is 36.8 Å². The summed E-state index contributed by atoms with van der Waals surface area (Å²) < 4.78 is 5.57. The average molecular weight is 391 g/mol. The number of halogens is 2. The van der Waals surface area contributed by atoms with Crippen molar-refractivity contribution in [3.63, 3.8) is 0 Å². The molecule has 0 bridgehead atoms. The molecule has 0 aliphatic carbocycles. The Balaban J connectivity index is 1.46. The van der Waals surface area contributed by atoms with Crippen LogP contribution in [-0.4, -0.2) is 27.7 Å². The van der Waals surface area contributed by atoms with Gasteiger partial charge in [0.15, 0.2) is 5.82 Å². The third kappa shape index (κ3) is 4.97. The fraction of sp³-hybridized carbons (Fsp3) is 0.167. The van der Waals surface area contributed by atoms with Crippen molar-refractivity contribution >= 4 is 34.8 Å². The van der Waals surface area contributed by atoms with Crippen LogP contribution in [0, 0.1) is 0 Å². The van der Waals surface area contributed by atoms with E-state index >= 15 is 0 Å². The summed E-state index contributed by atoms with van der Waals surface area (Å²) in [7, 11) is 0. The molecule has 0 saturated heterocycles. The van der Waals surface area contributed by atoms with Gasteiger partial charge in [-0.1, -0.05) is 35.3 Å². The minimum atomic E-state index is -0.0921. The molecule has 134 valence electrons. The number of rotatable bonds is 7. The first kappa shape index (κ1) is 18.2. The Morgan fingerprint density at radius 3 is 2.85 bits per heavy atom. The quantitative estimate of drug-likeness (QED) is 0.578. The molecule has 0 aliphatic rings. The van der Waals surface area contributed by atoms with Gasteiger partial charge in [0.05, 0.1) is 11.6 Å². The molecule has 0 saturated carbocycles. The van der Waals surface area contributed by atoms with E-state index in [2.05, 4.69) is 20.5 Å². The van der Waals surface area contributed by atoms with Crippen LogP contribution in [0.1, 0.15) is 12.8 Å². The topological polar surface area (TPSA) is 79.9 Å². The molecule has 3 rings (SSSR count). The van der Waals surface area contributed by atoms with E-state index in [9.17, 15) is 4.79 Å². The van der Waals surface area contributed by atoms with Crippen molar-refractivity contribution in [1.82, 2.24) is 15.2 Å². The molecule has 0 aliphatic heterocycles. The Morgan fingerprint density at radius 2 is 2.08 bits per heavy atom. The van der Waals surface area contributed by atoms with Gasteiger partial charge in [-0.25, -0.2) is 4.98 Å². The van der Waals surface area contributed by atoms with Gasteiger partial charge < -0.3 is 10.1 Å². The number of benzene rings is 2. The molecule has 26 heavy (non-hydrogen) atoms. The second-order valence-corrected chi connectivity index (χ2v) is 6.33. The number of H-pyrrole nitrogens is 1. The lowest BCUT2D eigenvalue weighted by atomic mass is 10.2. The van der Waals surface area contributed by atoms with Crippen LogP contribution in [0.4, 0.5) is 5.69 Å². The first-order valence-corrected chi connectivity index (χ1v) is 8.71. The van der Waals surface area contributed by atoms with E-state index in [0.29, 0.717) is 46.8 Å². The molecule has 0 unspecified atom stereocenters. The highest BCUT2D eigenvalue weighted by molar-refractivity contribution is 6.35. The van der Waals surface area contributed by atoms with Gasteiger partial charge in [0, 0.05) is 22.7 Å². The fourth-order valence-electron chi connectivity index (χ4n) is 2.32. The average Bonchev–Trinajstić information content (AvgIpc) is 3.15. The number of hydrogen-bond donors (Lipinski definition) is 2. The van der Waals surface area contributed by atoms with Crippen LogP contribution >= 0.6 is 23.2 Å². The Kier molecular flexibility index (Phi) is 6.09. The summed E-state index contributed by atoms with van der Waals surface area (Å²) in [6, 6.07) is 12.4. The highest BCUT2D eigenvalue weighted by atomic mass is 35.5. The Morgan fingerprint density at radius 1 is 1.19 bits per heavy atom. The van der Waals surface area contributed by atoms with Gasteiger partial charge >= 0.3 is 0 Å². The van der Waals surface area contributed by atoms with Crippen molar-refractivity contribution in [3.8, 4) is 17.1 Å². The van der Waals surface area contributed by atoms with E-state index < -0.39 is 0 Å². The third-order valence-electron chi connectivity index (χ3n) is 3.53. The summed E-state index contributed by atoms with van der Waals surface area (Å²) in [6.45, 7) is 0.382. The van der Waals surface area contributed by atoms with Gasteiger partial charge in [-0.2, -0.15) is 5.10 Å². The largest absolute Gasteiger partial charge is 0.492 e.